The maximum absolute atomic E-state index is 4.94. The van der Waals surface area contributed by atoms with Crippen molar-refractivity contribution in [2.45, 2.75) is 74.6 Å². The number of rotatable bonds is 7. The second-order valence-corrected chi connectivity index (χ2v) is 10.6. The largest absolute Gasteiger partial charge is 0.341 e. The van der Waals surface area contributed by atoms with Gasteiger partial charge in [-0.1, -0.05) is 24.3 Å². The molecule has 0 bridgehead atoms. The van der Waals surface area contributed by atoms with Crippen LogP contribution in [0.5, 0.6) is 0 Å². The predicted octanol–water partition coefficient (Wildman–Crippen LogP) is 5.84. The van der Waals surface area contributed by atoms with Gasteiger partial charge in [0.05, 0.1) is 29.3 Å². The van der Waals surface area contributed by atoms with Crippen LogP contribution in [-0.2, 0) is 13.0 Å². The number of fused-ring (bicyclic) bond motifs is 2. The number of nitrogens with one attached hydrogen (secondary N) is 2. The van der Waals surface area contributed by atoms with Crippen LogP contribution in [0.2, 0.25) is 0 Å². The van der Waals surface area contributed by atoms with Crippen LogP contribution in [0, 0.1) is 0 Å². The van der Waals surface area contributed by atoms with E-state index in [2.05, 4.69) is 62.1 Å². The van der Waals surface area contributed by atoms with Crippen molar-refractivity contribution in [3.8, 4) is 0 Å². The quantitative estimate of drug-likeness (QED) is 0.321. The number of pyridine rings is 2. The Kier molecular flexibility index (Phi) is 6.80. The van der Waals surface area contributed by atoms with Gasteiger partial charge in [0.25, 0.3) is 0 Å². The third-order valence-electron chi connectivity index (χ3n) is 7.47. The Morgan fingerprint density at radius 3 is 2.63 bits per heavy atom. The van der Waals surface area contributed by atoms with Crippen molar-refractivity contribution in [3.05, 3.63) is 84.1 Å². The maximum atomic E-state index is 4.94. The Bertz CT molecular complexity index is 1220. The van der Waals surface area contributed by atoms with Crippen LogP contribution in [0.15, 0.2) is 72.0 Å². The number of para-hydroxylation sites is 2. The average molecular weight is 485 g/mol. The number of nitrogens with zero attached hydrogens (tertiary/aromatic N) is 4. The van der Waals surface area contributed by atoms with Gasteiger partial charge in [0, 0.05) is 24.5 Å². The molecule has 1 saturated carbocycles. The highest BCUT2D eigenvalue weighted by Gasteiger charge is 2.34. The van der Waals surface area contributed by atoms with Crippen LogP contribution in [0.1, 0.15) is 61.6 Å². The van der Waals surface area contributed by atoms with E-state index in [0.717, 1.165) is 41.3 Å². The molecule has 2 aliphatic carbocycles. The summed E-state index contributed by atoms with van der Waals surface area (Å²) in [5, 5.41) is 1.03. The summed E-state index contributed by atoms with van der Waals surface area (Å²) in [4.78, 5) is 20.5. The second-order valence-electron chi connectivity index (χ2n) is 9.72. The zero-order valence-corrected chi connectivity index (χ0v) is 20.8. The van der Waals surface area contributed by atoms with Crippen molar-refractivity contribution >= 4 is 23.0 Å². The second kappa shape index (κ2) is 10.5. The normalized spacial score (nSPS) is 22.4. The van der Waals surface area contributed by atoms with Crippen LogP contribution in [0.25, 0.3) is 11.0 Å². The van der Waals surface area contributed by atoms with E-state index in [1.54, 1.807) is 11.9 Å². The first kappa shape index (κ1) is 22.7. The molecule has 0 aliphatic heterocycles. The van der Waals surface area contributed by atoms with Crippen LogP contribution in [0.4, 0.5) is 0 Å². The Labute approximate surface area is 211 Å². The SMILES string of the molecule is c1ccc(SNC2CCC(N(Cc3nc4ccccc4[nH]3)C3CCCc4cccnc43)CC2)nc1. The first-order chi connectivity index (χ1) is 17.3. The topological polar surface area (TPSA) is 69.7 Å². The minimum atomic E-state index is 0.352. The lowest BCUT2D eigenvalue weighted by Gasteiger charge is -2.42. The van der Waals surface area contributed by atoms with Gasteiger partial charge in [0.15, 0.2) is 0 Å². The fourth-order valence-corrected chi connectivity index (χ4v) is 6.51. The third kappa shape index (κ3) is 5.13. The van der Waals surface area contributed by atoms with E-state index in [9.17, 15) is 0 Å². The van der Waals surface area contributed by atoms with E-state index in [1.807, 2.05) is 24.5 Å². The number of hydrogen-bond donors (Lipinski definition) is 2. The van der Waals surface area contributed by atoms with Gasteiger partial charge in [0.2, 0.25) is 0 Å². The fraction of sp³-hybridized carbons (Fsp3) is 0.393. The predicted molar refractivity (Wildman–Crippen MR) is 141 cm³/mol. The number of benzene rings is 1. The van der Waals surface area contributed by atoms with Crippen LogP contribution in [-0.4, -0.2) is 36.9 Å². The standard InChI is InChI=1S/C28H32N6S/c1-2-10-24-23(9-1)31-26(32-24)19-34(25-11-5-7-20-8-6-18-30-28(20)25)22-15-13-21(14-16-22)33-35-27-12-3-4-17-29-27/h1-4,6,8-10,12,17-18,21-22,25,33H,5,7,11,13-16,19H2,(H,31,32). The Morgan fingerprint density at radius 2 is 1.77 bits per heavy atom. The average Bonchev–Trinajstić information content (AvgIpc) is 3.34. The molecule has 1 fully saturated rings. The highest BCUT2D eigenvalue weighted by molar-refractivity contribution is 7.97. The Morgan fingerprint density at radius 1 is 0.914 bits per heavy atom. The number of aryl methyl sites for hydroxylation is 1. The number of imidazole rings is 1. The van der Waals surface area contributed by atoms with Crippen molar-refractivity contribution in [2.75, 3.05) is 0 Å². The summed E-state index contributed by atoms with van der Waals surface area (Å²) >= 11 is 1.66. The zero-order valence-electron chi connectivity index (χ0n) is 19.9. The molecular formula is C28H32N6S. The van der Waals surface area contributed by atoms with Crippen LogP contribution < -0.4 is 4.72 Å². The van der Waals surface area contributed by atoms with Gasteiger partial charge in [-0.2, -0.15) is 0 Å². The molecule has 0 spiro atoms. The number of aromatic nitrogens is 4. The summed E-state index contributed by atoms with van der Waals surface area (Å²) in [7, 11) is 0. The first-order valence-corrected chi connectivity index (χ1v) is 13.6. The minimum absolute atomic E-state index is 0.352. The summed E-state index contributed by atoms with van der Waals surface area (Å²) in [6.07, 6.45) is 12.0. The van der Waals surface area contributed by atoms with E-state index in [-0.39, 0.29) is 0 Å². The van der Waals surface area contributed by atoms with Crippen molar-refractivity contribution in [1.29, 1.82) is 0 Å². The molecule has 2 aliphatic rings. The summed E-state index contributed by atoms with van der Waals surface area (Å²) in [6, 6.07) is 20.1. The molecule has 3 aromatic heterocycles. The van der Waals surface area contributed by atoms with Gasteiger partial charge in [-0.25, -0.2) is 9.97 Å². The van der Waals surface area contributed by atoms with E-state index in [0.29, 0.717) is 18.1 Å². The number of hydrogen-bond acceptors (Lipinski definition) is 6. The Balaban J connectivity index is 1.20. The molecule has 0 radical (unpaired) electrons. The molecule has 6 rings (SSSR count). The molecule has 7 heteroatoms. The lowest BCUT2D eigenvalue weighted by Crippen LogP contribution is -2.44. The van der Waals surface area contributed by atoms with E-state index in [1.165, 1.54) is 43.4 Å². The molecule has 1 aromatic carbocycles. The van der Waals surface area contributed by atoms with Crippen LogP contribution >= 0.6 is 11.9 Å². The maximum Gasteiger partial charge on any atom is 0.121 e. The molecule has 180 valence electrons. The molecule has 4 aromatic rings. The van der Waals surface area contributed by atoms with Gasteiger partial charge in [-0.3, -0.25) is 14.6 Å². The van der Waals surface area contributed by atoms with E-state index >= 15 is 0 Å². The molecule has 2 N–H and O–H groups in total. The van der Waals surface area contributed by atoms with Gasteiger partial charge >= 0.3 is 0 Å². The smallest absolute Gasteiger partial charge is 0.121 e. The summed E-state index contributed by atoms with van der Waals surface area (Å²) in [5.74, 6) is 1.06. The summed E-state index contributed by atoms with van der Waals surface area (Å²) < 4.78 is 3.66. The molecule has 1 unspecified atom stereocenters. The molecule has 0 saturated heterocycles. The molecule has 3 heterocycles. The van der Waals surface area contributed by atoms with Gasteiger partial charge < -0.3 is 4.98 Å². The van der Waals surface area contributed by atoms with Crippen molar-refractivity contribution in [1.82, 2.24) is 29.6 Å². The fourth-order valence-electron chi connectivity index (χ4n) is 5.73. The molecular weight excluding hydrogens is 452 g/mol. The number of aromatic amines is 1. The lowest BCUT2D eigenvalue weighted by atomic mass is 9.86. The highest BCUT2D eigenvalue weighted by Crippen LogP contribution is 2.38. The van der Waals surface area contributed by atoms with E-state index < -0.39 is 0 Å². The molecule has 35 heavy (non-hydrogen) atoms. The highest BCUT2D eigenvalue weighted by atomic mass is 32.2. The monoisotopic (exact) mass is 484 g/mol. The van der Waals surface area contributed by atoms with Gasteiger partial charge in [0.1, 0.15) is 10.9 Å². The third-order valence-corrected chi connectivity index (χ3v) is 8.37. The molecule has 0 amide bonds. The van der Waals surface area contributed by atoms with Gasteiger partial charge in [-0.05, 0) is 92.8 Å². The first-order valence-electron chi connectivity index (χ1n) is 12.8. The van der Waals surface area contributed by atoms with Crippen LogP contribution in [0.3, 0.4) is 0 Å². The minimum Gasteiger partial charge on any atom is -0.341 e. The Hall–Kier alpha value is -2.74. The van der Waals surface area contributed by atoms with Crippen molar-refractivity contribution in [3.63, 3.8) is 0 Å². The lowest BCUT2D eigenvalue weighted by molar-refractivity contribution is 0.0751. The molecule has 1 atom stereocenters. The summed E-state index contributed by atoms with van der Waals surface area (Å²) in [6.45, 7) is 0.834. The molecule has 6 nitrogen and oxygen atoms in total. The van der Waals surface area contributed by atoms with Crippen molar-refractivity contribution in [2.24, 2.45) is 0 Å². The number of H-pyrrole nitrogens is 1. The van der Waals surface area contributed by atoms with Gasteiger partial charge in [-0.15, -0.1) is 0 Å². The van der Waals surface area contributed by atoms with E-state index in [4.69, 9.17) is 9.97 Å². The van der Waals surface area contributed by atoms with Crippen molar-refractivity contribution < 1.29 is 0 Å². The zero-order chi connectivity index (χ0) is 23.5. The summed E-state index contributed by atoms with van der Waals surface area (Å²) in [5.41, 5.74) is 4.86.